The van der Waals surface area contributed by atoms with E-state index in [9.17, 15) is 9.90 Å². The third-order valence-electron chi connectivity index (χ3n) is 2.66. The van der Waals surface area contributed by atoms with Crippen molar-refractivity contribution in [2.24, 2.45) is 0 Å². The fraction of sp³-hybridized carbons (Fsp3) is 0.917. The maximum Gasteiger partial charge on any atom is 0.317 e. The number of carbonyl (C=O) groups is 1. The predicted octanol–water partition coefficient (Wildman–Crippen LogP) is 0.493. The number of aliphatic hydroxyl groups excluding tert-OH is 1. The minimum absolute atomic E-state index is 0.00852. The molecule has 1 aliphatic rings. The Morgan fingerprint density at radius 3 is 2.24 bits per heavy atom. The highest BCUT2D eigenvalue weighted by Gasteiger charge is 2.24. The highest BCUT2D eigenvalue weighted by Crippen LogP contribution is 2.06. The molecule has 5 nitrogen and oxygen atoms in total. The van der Waals surface area contributed by atoms with Gasteiger partial charge in [0.25, 0.3) is 0 Å². The molecule has 1 aliphatic heterocycles. The van der Waals surface area contributed by atoms with E-state index in [1.165, 1.54) is 0 Å². The van der Waals surface area contributed by atoms with Gasteiger partial charge >= 0.3 is 6.03 Å². The van der Waals surface area contributed by atoms with Gasteiger partial charge in [0, 0.05) is 38.3 Å². The summed E-state index contributed by atoms with van der Waals surface area (Å²) in [6, 6.07) is 0.00852. The van der Waals surface area contributed by atoms with Crippen LogP contribution in [0.5, 0.6) is 0 Å². The van der Waals surface area contributed by atoms with Gasteiger partial charge in [0.15, 0.2) is 0 Å². The molecular formula is C12H25N3O2. The van der Waals surface area contributed by atoms with Crippen LogP contribution >= 0.6 is 0 Å². The van der Waals surface area contributed by atoms with Crippen molar-refractivity contribution in [3.63, 3.8) is 0 Å². The minimum atomic E-state index is -0.301. The smallest absolute Gasteiger partial charge is 0.317 e. The molecule has 17 heavy (non-hydrogen) atoms. The van der Waals surface area contributed by atoms with Gasteiger partial charge in [0.05, 0.1) is 6.10 Å². The lowest BCUT2D eigenvalue weighted by Gasteiger charge is -2.36. The second-order valence-corrected chi connectivity index (χ2v) is 5.82. The predicted molar refractivity (Wildman–Crippen MR) is 68.0 cm³/mol. The maximum absolute atomic E-state index is 11.9. The Labute approximate surface area is 104 Å². The number of nitrogens with one attached hydrogen (secondary N) is 1. The minimum Gasteiger partial charge on any atom is -0.392 e. The van der Waals surface area contributed by atoms with Crippen LogP contribution in [-0.2, 0) is 0 Å². The fourth-order valence-corrected chi connectivity index (χ4v) is 1.91. The number of hydrogen-bond acceptors (Lipinski definition) is 3. The van der Waals surface area contributed by atoms with Crippen molar-refractivity contribution in [1.29, 1.82) is 0 Å². The fourth-order valence-electron chi connectivity index (χ4n) is 1.91. The van der Waals surface area contributed by atoms with Crippen LogP contribution in [0, 0.1) is 0 Å². The van der Waals surface area contributed by atoms with E-state index in [-0.39, 0.29) is 17.7 Å². The summed E-state index contributed by atoms with van der Waals surface area (Å²) in [5, 5.41) is 12.3. The SMILES string of the molecule is CC(O)CN1CCN(C(=O)NC(C)(C)C)CC1. The molecular weight excluding hydrogens is 218 g/mol. The third kappa shape index (κ3) is 5.37. The lowest BCUT2D eigenvalue weighted by Crippen LogP contribution is -2.55. The van der Waals surface area contributed by atoms with Crippen molar-refractivity contribution < 1.29 is 9.90 Å². The maximum atomic E-state index is 11.9. The van der Waals surface area contributed by atoms with Crippen molar-refractivity contribution >= 4 is 6.03 Å². The number of hydrogen-bond donors (Lipinski definition) is 2. The highest BCUT2D eigenvalue weighted by molar-refractivity contribution is 5.75. The standard InChI is InChI=1S/C12H25N3O2/c1-10(16)9-14-5-7-15(8-6-14)11(17)13-12(2,3)4/h10,16H,5-9H2,1-4H3,(H,13,17). The van der Waals surface area contributed by atoms with E-state index in [0.29, 0.717) is 6.54 Å². The lowest BCUT2D eigenvalue weighted by molar-refractivity contribution is 0.0884. The molecule has 0 aromatic heterocycles. The Morgan fingerprint density at radius 1 is 1.29 bits per heavy atom. The van der Waals surface area contributed by atoms with Gasteiger partial charge in [-0.25, -0.2) is 4.79 Å². The first-order valence-corrected chi connectivity index (χ1v) is 6.25. The van der Waals surface area contributed by atoms with Crippen LogP contribution in [-0.4, -0.2) is 65.3 Å². The number of carbonyl (C=O) groups excluding carboxylic acids is 1. The number of nitrogens with zero attached hydrogens (tertiary/aromatic N) is 2. The molecule has 1 heterocycles. The number of urea groups is 1. The van der Waals surface area contributed by atoms with Crippen molar-refractivity contribution in [3.8, 4) is 0 Å². The average Bonchev–Trinajstić information content (AvgIpc) is 2.15. The third-order valence-corrected chi connectivity index (χ3v) is 2.66. The zero-order valence-corrected chi connectivity index (χ0v) is 11.4. The van der Waals surface area contributed by atoms with Gasteiger partial charge in [-0.3, -0.25) is 4.90 Å². The Morgan fingerprint density at radius 2 is 1.82 bits per heavy atom. The molecule has 0 bridgehead atoms. The number of rotatable bonds is 2. The molecule has 1 rings (SSSR count). The summed E-state index contributed by atoms with van der Waals surface area (Å²) >= 11 is 0. The number of aliphatic hydroxyl groups is 1. The van der Waals surface area contributed by atoms with Gasteiger partial charge in [-0.1, -0.05) is 0 Å². The van der Waals surface area contributed by atoms with E-state index in [1.54, 1.807) is 6.92 Å². The van der Waals surface area contributed by atoms with Gasteiger partial charge in [-0.05, 0) is 27.7 Å². The van der Waals surface area contributed by atoms with E-state index >= 15 is 0 Å². The molecule has 1 fully saturated rings. The molecule has 5 heteroatoms. The molecule has 0 radical (unpaired) electrons. The van der Waals surface area contributed by atoms with Gasteiger partial charge in [-0.2, -0.15) is 0 Å². The zero-order valence-electron chi connectivity index (χ0n) is 11.4. The Hall–Kier alpha value is -0.810. The first-order chi connectivity index (χ1) is 7.78. The zero-order chi connectivity index (χ0) is 13.1. The number of amides is 2. The Kier molecular flexibility index (Phi) is 4.77. The molecule has 0 aliphatic carbocycles. The molecule has 0 saturated carbocycles. The number of piperazine rings is 1. The molecule has 0 aromatic rings. The van der Waals surface area contributed by atoms with E-state index in [1.807, 2.05) is 25.7 Å². The first-order valence-electron chi connectivity index (χ1n) is 6.25. The van der Waals surface area contributed by atoms with Crippen molar-refractivity contribution in [3.05, 3.63) is 0 Å². The highest BCUT2D eigenvalue weighted by atomic mass is 16.3. The van der Waals surface area contributed by atoms with E-state index in [0.717, 1.165) is 26.2 Å². The normalized spacial score (nSPS) is 20.2. The lowest BCUT2D eigenvalue weighted by atomic mass is 10.1. The molecule has 0 spiro atoms. The van der Waals surface area contributed by atoms with Crippen LogP contribution in [0.25, 0.3) is 0 Å². The van der Waals surface area contributed by atoms with Gasteiger partial charge in [0.1, 0.15) is 0 Å². The molecule has 100 valence electrons. The van der Waals surface area contributed by atoms with Crippen molar-refractivity contribution in [2.75, 3.05) is 32.7 Å². The average molecular weight is 243 g/mol. The van der Waals surface area contributed by atoms with E-state index in [4.69, 9.17) is 0 Å². The molecule has 1 unspecified atom stereocenters. The van der Waals surface area contributed by atoms with E-state index in [2.05, 4.69) is 10.2 Å². The second kappa shape index (κ2) is 5.69. The van der Waals surface area contributed by atoms with Gasteiger partial charge in [0.2, 0.25) is 0 Å². The summed E-state index contributed by atoms with van der Waals surface area (Å²) in [5.41, 5.74) is -0.187. The Balaban J connectivity index is 2.34. The van der Waals surface area contributed by atoms with Crippen LogP contribution in [0.1, 0.15) is 27.7 Å². The second-order valence-electron chi connectivity index (χ2n) is 5.82. The van der Waals surface area contributed by atoms with Crippen molar-refractivity contribution in [1.82, 2.24) is 15.1 Å². The van der Waals surface area contributed by atoms with Crippen LogP contribution < -0.4 is 5.32 Å². The van der Waals surface area contributed by atoms with Crippen LogP contribution in [0.3, 0.4) is 0 Å². The van der Waals surface area contributed by atoms with Crippen molar-refractivity contribution in [2.45, 2.75) is 39.3 Å². The van der Waals surface area contributed by atoms with Crippen LogP contribution in [0.2, 0.25) is 0 Å². The van der Waals surface area contributed by atoms with Crippen LogP contribution in [0.4, 0.5) is 4.79 Å². The summed E-state index contributed by atoms with van der Waals surface area (Å²) < 4.78 is 0. The molecule has 1 saturated heterocycles. The topological polar surface area (TPSA) is 55.8 Å². The summed E-state index contributed by atoms with van der Waals surface area (Å²) in [7, 11) is 0. The summed E-state index contributed by atoms with van der Waals surface area (Å²) in [6.45, 7) is 11.6. The number of β-amino-alcohol motifs (C(OH)–C–C–N with tert-alkyl or cyclic N) is 1. The quantitative estimate of drug-likeness (QED) is 0.742. The summed E-state index contributed by atoms with van der Waals surface area (Å²) in [5.74, 6) is 0. The Bertz CT molecular complexity index is 253. The van der Waals surface area contributed by atoms with Crippen LogP contribution in [0.15, 0.2) is 0 Å². The molecule has 0 aromatic carbocycles. The monoisotopic (exact) mass is 243 g/mol. The largest absolute Gasteiger partial charge is 0.392 e. The first kappa shape index (κ1) is 14.3. The van der Waals surface area contributed by atoms with Gasteiger partial charge < -0.3 is 15.3 Å². The molecule has 2 N–H and O–H groups in total. The van der Waals surface area contributed by atoms with E-state index < -0.39 is 0 Å². The van der Waals surface area contributed by atoms with Gasteiger partial charge in [-0.15, -0.1) is 0 Å². The summed E-state index contributed by atoms with van der Waals surface area (Å²) in [4.78, 5) is 15.9. The molecule has 2 amide bonds. The summed E-state index contributed by atoms with van der Waals surface area (Å²) in [6.07, 6.45) is -0.301. The molecule has 1 atom stereocenters.